The summed E-state index contributed by atoms with van der Waals surface area (Å²) in [5.41, 5.74) is 3.42. The molecule has 0 atom stereocenters. The summed E-state index contributed by atoms with van der Waals surface area (Å²) < 4.78 is 0. The molecule has 1 heterocycles. The third-order valence-electron chi connectivity index (χ3n) is 4.09. The summed E-state index contributed by atoms with van der Waals surface area (Å²) >= 11 is 1.49. The first-order valence-corrected chi connectivity index (χ1v) is 9.25. The summed E-state index contributed by atoms with van der Waals surface area (Å²) in [4.78, 5) is 13.3. The molecule has 0 aliphatic heterocycles. The number of anilines is 2. The monoisotopic (exact) mass is 361 g/mol. The molecular weight excluding hydrogens is 342 g/mol. The van der Waals surface area contributed by atoms with Crippen LogP contribution in [-0.4, -0.2) is 6.29 Å². The lowest BCUT2D eigenvalue weighted by molar-refractivity contribution is -0.104. The molecule has 1 aliphatic rings. The number of benzene rings is 1. The van der Waals surface area contributed by atoms with Gasteiger partial charge in [-0.3, -0.25) is 9.69 Å². The Kier molecular flexibility index (Phi) is 5.67. The Bertz CT molecular complexity index is 916. The van der Waals surface area contributed by atoms with Crippen LogP contribution >= 0.6 is 11.3 Å². The van der Waals surface area contributed by atoms with Crippen LogP contribution in [0.2, 0.25) is 0 Å². The Hall–Kier alpha value is -3.10. The Morgan fingerprint density at radius 3 is 2.73 bits per heavy atom. The first-order valence-electron chi connectivity index (χ1n) is 8.37. The zero-order valence-corrected chi connectivity index (χ0v) is 15.3. The van der Waals surface area contributed by atoms with Crippen LogP contribution < -0.4 is 10.2 Å². The van der Waals surface area contributed by atoms with Gasteiger partial charge in [-0.1, -0.05) is 30.4 Å². The van der Waals surface area contributed by atoms with Crippen LogP contribution in [0.15, 0.2) is 71.5 Å². The number of carbonyl (C=O) groups is 1. The topological polar surface area (TPSA) is 56.1 Å². The number of carbonyl (C=O) groups excluding carboxylic acids is 1. The van der Waals surface area contributed by atoms with E-state index in [2.05, 4.69) is 23.5 Å². The molecule has 130 valence electrons. The fraction of sp³-hybridized carbons (Fsp3) is 0.143. The van der Waals surface area contributed by atoms with Gasteiger partial charge in [-0.25, -0.2) is 0 Å². The Balaban J connectivity index is 2.08. The highest BCUT2D eigenvalue weighted by Crippen LogP contribution is 2.38. The lowest BCUT2D eigenvalue weighted by Crippen LogP contribution is -2.28. The third kappa shape index (κ3) is 3.76. The van der Waals surface area contributed by atoms with E-state index in [-0.39, 0.29) is 0 Å². The number of rotatable bonds is 6. The van der Waals surface area contributed by atoms with Crippen LogP contribution in [0.5, 0.6) is 0 Å². The van der Waals surface area contributed by atoms with Crippen LogP contribution in [0.4, 0.5) is 10.7 Å². The minimum Gasteiger partial charge on any atom is -0.342 e. The predicted octanol–water partition coefficient (Wildman–Crippen LogP) is 4.93. The summed E-state index contributed by atoms with van der Waals surface area (Å²) in [7, 11) is 0. The second-order valence-electron chi connectivity index (χ2n) is 5.81. The SMILES string of the molecule is Cc1c(C#N)csc1N(/C(=C\C=O)NC1=CCCC=C1)c1ccccc1. The fourth-order valence-electron chi connectivity index (χ4n) is 2.77. The summed E-state index contributed by atoms with van der Waals surface area (Å²) in [6.07, 6.45) is 10.5. The minimum atomic E-state index is 0.646. The normalized spacial score (nSPS) is 13.7. The number of nitrogens with one attached hydrogen (secondary N) is 1. The second-order valence-corrected chi connectivity index (χ2v) is 6.67. The van der Waals surface area contributed by atoms with Crippen molar-refractivity contribution >= 4 is 28.3 Å². The molecule has 0 radical (unpaired) electrons. The van der Waals surface area contributed by atoms with E-state index in [9.17, 15) is 10.1 Å². The number of nitriles is 1. The number of hydrogen-bond donors (Lipinski definition) is 1. The molecule has 3 rings (SSSR count). The molecule has 1 aromatic carbocycles. The number of thiophene rings is 1. The van der Waals surface area contributed by atoms with Gasteiger partial charge in [-0.05, 0) is 38.0 Å². The first kappa shape index (κ1) is 17.7. The average molecular weight is 361 g/mol. The van der Waals surface area contributed by atoms with Gasteiger partial charge in [-0.2, -0.15) is 5.26 Å². The van der Waals surface area contributed by atoms with Crippen molar-refractivity contribution in [1.29, 1.82) is 5.26 Å². The van der Waals surface area contributed by atoms with Gasteiger partial charge in [0.05, 0.1) is 5.56 Å². The molecule has 0 bridgehead atoms. The molecule has 26 heavy (non-hydrogen) atoms. The summed E-state index contributed by atoms with van der Waals surface area (Å²) in [5.74, 6) is 0.651. The van der Waals surface area contributed by atoms with E-state index < -0.39 is 0 Å². The van der Waals surface area contributed by atoms with E-state index >= 15 is 0 Å². The third-order valence-corrected chi connectivity index (χ3v) is 5.15. The lowest BCUT2D eigenvalue weighted by Gasteiger charge is -2.28. The van der Waals surface area contributed by atoms with Gasteiger partial charge >= 0.3 is 0 Å². The predicted molar refractivity (Wildman–Crippen MR) is 106 cm³/mol. The van der Waals surface area contributed by atoms with E-state index in [1.54, 1.807) is 0 Å². The van der Waals surface area contributed by atoms with Crippen LogP contribution in [0, 0.1) is 18.3 Å². The molecule has 5 heteroatoms. The quantitative estimate of drug-likeness (QED) is 0.585. The summed E-state index contributed by atoms with van der Waals surface area (Å²) in [6.45, 7) is 1.93. The van der Waals surface area contributed by atoms with Crippen molar-refractivity contribution in [2.45, 2.75) is 19.8 Å². The Morgan fingerprint density at radius 1 is 1.31 bits per heavy atom. The van der Waals surface area contributed by atoms with Gasteiger partial charge in [-0.15, -0.1) is 11.3 Å². The molecule has 0 saturated heterocycles. The van der Waals surface area contributed by atoms with Crippen LogP contribution in [0.25, 0.3) is 0 Å². The largest absolute Gasteiger partial charge is 0.342 e. The molecule has 0 spiro atoms. The van der Waals surface area contributed by atoms with Gasteiger partial charge in [0.2, 0.25) is 0 Å². The average Bonchev–Trinajstić information content (AvgIpc) is 3.04. The number of para-hydroxylation sites is 1. The zero-order valence-electron chi connectivity index (χ0n) is 14.5. The van der Waals surface area contributed by atoms with E-state index in [1.165, 1.54) is 17.4 Å². The molecule has 1 aromatic heterocycles. The van der Waals surface area contributed by atoms with Crippen molar-refractivity contribution < 1.29 is 4.79 Å². The second kappa shape index (κ2) is 8.32. The van der Waals surface area contributed by atoms with Crippen molar-refractivity contribution in [3.05, 3.63) is 82.7 Å². The van der Waals surface area contributed by atoms with Gasteiger partial charge in [0, 0.05) is 28.4 Å². The lowest BCUT2D eigenvalue weighted by atomic mass is 10.1. The van der Waals surface area contributed by atoms with Crippen LogP contribution in [0.1, 0.15) is 24.0 Å². The highest BCUT2D eigenvalue weighted by Gasteiger charge is 2.20. The van der Waals surface area contributed by atoms with Crippen molar-refractivity contribution in [1.82, 2.24) is 5.32 Å². The van der Waals surface area contributed by atoms with Crippen molar-refractivity contribution in [3.8, 4) is 6.07 Å². The molecule has 4 nitrogen and oxygen atoms in total. The minimum absolute atomic E-state index is 0.646. The number of allylic oxidation sites excluding steroid dienone is 4. The van der Waals surface area contributed by atoms with Gasteiger partial charge in [0.15, 0.2) is 0 Å². The standard InChI is InChI=1S/C21H19N3OS/c1-16-17(14-22)15-26-21(16)24(19-10-6-3-7-11-19)20(12-13-25)23-18-8-4-2-5-9-18/h3-4,6-13,15,23H,2,5H2,1H3/b20-12-. The Morgan fingerprint density at radius 2 is 2.12 bits per heavy atom. The molecule has 0 fully saturated rings. The maximum Gasteiger partial charge on any atom is 0.146 e. The maximum absolute atomic E-state index is 11.3. The molecule has 0 amide bonds. The van der Waals surface area contributed by atoms with Crippen LogP contribution in [-0.2, 0) is 4.79 Å². The number of aldehydes is 1. The Labute approximate surface area is 157 Å². The summed E-state index contributed by atoms with van der Waals surface area (Å²) in [5, 5.41) is 15.4. The van der Waals surface area contributed by atoms with E-state index in [1.807, 2.05) is 53.6 Å². The highest BCUT2D eigenvalue weighted by atomic mass is 32.1. The van der Waals surface area contributed by atoms with E-state index in [4.69, 9.17) is 0 Å². The zero-order chi connectivity index (χ0) is 18.4. The van der Waals surface area contributed by atoms with Gasteiger partial charge in [0.25, 0.3) is 0 Å². The molecule has 1 aliphatic carbocycles. The summed E-state index contributed by atoms with van der Waals surface area (Å²) in [6, 6.07) is 12.0. The van der Waals surface area contributed by atoms with Crippen molar-refractivity contribution in [2.75, 3.05) is 4.90 Å². The molecule has 1 N–H and O–H groups in total. The fourth-order valence-corrected chi connectivity index (χ4v) is 3.83. The van der Waals surface area contributed by atoms with Crippen molar-refractivity contribution in [2.24, 2.45) is 0 Å². The maximum atomic E-state index is 11.3. The number of hydrogen-bond acceptors (Lipinski definition) is 5. The molecule has 2 aromatic rings. The van der Waals surface area contributed by atoms with Crippen molar-refractivity contribution in [3.63, 3.8) is 0 Å². The molecule has 0 unspecified atom stereocenters. The van der Waals surface area contributed by atoms with E-state index in [0.717, 1.165) is 41.1 Å². The van der Waals surface area contributed by atoms with Gasteiger partial charge in [0.1, 0.15) is 23.2 Å². The molecule has 0 saturated carbocycles. The van der Waals surface area contributed by atoms with Gasteiger partial charge < -0.3 is 5.32 Å². The number of nitrogens with zero attached hydrogens (tertiary/aromatic N) is 2. The van der Waals surface area contributed by atoms with E-state index in [0.29, 0.717) is 11.4 Å². The molecular formula is C21H19N3OS. The van der Waals surface area contributed by atoms with Crippen LogP contribution in [0.3, 0.4) is 0 Å². The highest BCUT2D eigenvalue weighted by molar-refractivity contribution is 7.14. The smallest absolute Gasteiger partial charge is 0.146 e. The first-order chi connectivity index (χ1) is 12.7.